The molecule has 3 aromatic rings. The molecule has 33 heavy (non-hydrogen) atoms. The SMILES string of the molecule is O=C(OC[C@H]1O[C@@H](n2cc(I)c(=O)[nH]c2=O)C[C@@H]1OC(=O)c1ccccc1)c1ccccc1. The average Bonchev–Trinajstić information content (AvgIpc) is 3.23. The normalized spacial score (nSPS) is 19.7. The van der Waals surface area contributed by atoms with Gasteiger partial charge in [-0.25, -0.2) is 14.4 Å². The number of ether oxygens (including phenoxy) is 3. The predicted molar refractivity (Wildman–Crippen MR) is 125 cm³/mol. The lowest BCUT2D eigenvalue weighted by Gasteiger charge is -2.19. The van der Waals surface area contributed by atoms with Crippen LogP contribution in [0.5, 0.6) is 0 Å². The second kappa shape index (κ2) is 10.1. The van der Waals surface area contributed by atoms with E-state index in [1.54, 1.807) is 60.7 Å². The lowest BCUT2D eigenvalue weighted by Crippen LogP contribution is -2.34. The van der Waals surface area contributed by atoms with Crippen molar-refractivity contribution in [3.05, 3.63) is 102 Å². The Labute approximate surface area is 201 Å². The number of H-pyrrole nitrogens is 1. The van der Waals surface area contributed by atoms with E-state index in [0.29, 0.717) is 14.7 Å². The number of esters is 2. The van der Waals surface area contributed by atoms with Gasteiger partial charge in [0.25, 0.3) is 5.56 Å². The molecule has 1 saturated heterocycles. The Morgan fingerprint density at radius 2 is 1.61 bits per heavy atom. The summed E-state index contributed by atoms with van der Waals surface area (Å²) in [5.74, 6) is -1.11. The van der Waals surface area contributed by atoms with Gasteiger partial charge < -0.3 is 14.2 Å². The number of carbonyl (C=O) groups excluding carboxylic acids is 2. The minimum Gasteiger partial charge on any atom is -0.459 e. The Balaban J connectivity index is 1.53. The number of hydrogen-bond acceptors (Lipinski definition) is 7. The van der Waals surface area contributed by atoms with Gasteiger partial charge in [-0.1, -0.05) is 36.4 Å². The Morgan fingerprint density at radius 1 is 1.00 bits per heavy atom. The fraction of sp³-hybridized carbons (Fsp3) is 0.217. The van der Waals surface area contributed by atoms with Crippen LogP contribution in [0.15, 0.2) is 76.4 Å². The smallest absolute Gasteiger partial charge is 0.338 e. The summed E-state index contributed by atoms with van der Waals surface area (Å²) in [6.45, 7) is -0.188. The Bertz CT molecular complexity index is 1260. The molecule has 0 radical (unpaired) electrons. The van der Waals surface area contributed by atoms with Crippen LogP contribution in [0.3, 0.4) is 0 Å². The largest absolute Gasteiger partial charge is 0.459 e. The first-order chi connectivity index (χ1) is 15.9. The lowest BCUT2D eigenvalue weighted by atomic mass is 10.1. The van der Waals surface area contributed by atoms with Gasteiger partial charge in [0.2, 0.25) is 0 Å². The minimum absolute atomic E-state index is 0.133. The number of benzene rings is 2. The first-order valence-electron chi connectivity index (χ1n) is 10.1. The van der Waals surface area contributed by atoms with Crippen molar-refractivity contribution in [2.45, 2.75) is 24.9 Å². The highest BCUT2D eigenvalue weighted by atomic mass is 127. The molecule has 9 nitrogen and oxygen atoms in total. The minimum atomic E-state index is -0.822. The molecule has 0 aliphatic carbocycles. The van der Waals surface area contributed by atoms with Gasteiger partial charge in [0.15, 0.2) is 0 Å². The monoisotopic (exact) mass is 562 g/mol. The lowest BCUT2D eigenvalue weighted by molar-refractivity contribution is -0.0583. The van der Waals surface area contributed by atoms with E-state index in [1.165, 1.54) is 10.8 Å². The standard InChI is InChI=1S/C23H19IN2O7/c24-16-12-26(23(30)25-20(16)27)19-11-17(33-22(29)15-9-5-2-6-10-15)18(32-19)13-31-21(28)14-7-3-1-4-8-14/h1-10,12,17-19H,11,13H2,(H,25,27,30)/t17-,18+,19+/m0/s1. The zero-order chi connectivity index (χ0) is 23.4. The third kappa shape index (κ3) is 5.40. The molecule has 1 aromatic heterocycles. The number of aromatic nitrogens is 2. The fourth-order valence-electron chi connectivity index (χ4n) is 3.42. The maximum absolute atomic E-state index is 12.6. The third-order valence-electron chi connectivity index (χ3n) is 5.07. The fourth-order valence-corrected chi connectivity index (χ4v) is 3.85. The molecule has 3 atom stereocenters. The molecule has 0 unspecified atom stereocenters. The van der Waals surface area contributed by atoms with Crippen molar-refractivity contribution in [3.63, 3.8) is 0 Å². The van der Waals surface area contributed by atoms with Crippen molar-refractivity contribution < 1.29 is 23.8 Å². The van der Waals surface area contributed by atoms with E-state index in [9.17, 15) is 19.2 Å². The van der Waals surface area contributed by atoms with Gasteiger partial charge in [-0.15, -0.1) is 0 Å². The van der Waals surface area contributed by atoms with E-state index in [1.807, 2.05) is 22.6 Å². The average molecular weight is 562 g/mol. The summed E-state index contributed by atoms with van der Waals surface area (Å²) >= 11 is 1.81. The summed E-state index contributed by atoms with van der Waals surface area (Å²) < 4.78 is 18.5. The number of nitrogens with one attached hydrogen (secondary N) is 1. The van der Waals surface area contributed by atoms with E-state index >= 15 is 0 Å². The van der Waals surface area contributed by atoms with E-state index < -0.39 is 41.6 Å². The van der Waals surface area contributed by atoms with Crippen molar-refractivity contribution in [1.82, 2.24) is 9.55 Å². The van der Waals surface area contributed by atoms with E-state index in [-0.39, 0.29) is 13.0 Å². The van der Waals surface area contributed by atoms with Gasteiger partial charge in [0, 0.05) is 12.6 Å². The number of rotatable bonds is 6. The molecule has 0 bridgehead atoms. The summed E-state index contributed by atoms with van der Waals surface area (Å²) in [4.78, 5) is 51.2. The van der Waals surface area contributed by atoms with Crippen LogP contribution in [0.25, 0.3) is 0 Å². The molecule has 2 heterocycles. The third-order valence-corrected chi connectivity index (χ3v) is 5.84. The van der Waals surface area contributed by atoms with Crippen LogP contribution in [-0.4, -0.2) is 40.3 Å². The molecule has 1 aliphatic rings. The topological polar surface area (TPSA) is 117 Å². The highest BCUT2D eigenvalue weighted by Crippen LogP contribution is 2.31. The summed E-state index contributed by atoms with van der Waals surface area (Å²) in [6.07, 6.45) is -0.916. The second-order valence-corrected chi connectivity index (χ2v) is 8.44. The van der Waals surface area contributed by atoms with Crippen molar-refractivity contribution >= 4 is 34.5 Å². The van der Waals surface area contributed by atoms with Gasteiger partial charge in [0.1, 0.15) is 25.0 Å². The number of nitrogens with zero attached hydrogens (tertiary/aromatic N) is 1. The maximum atomic E-state index is 12.6. The van der Waals surface area contributed by atoms with E-state index in [0.717, 1.165) is 0 Å². The van der Waals surface area contributed by atoms with Gasteiger partial charge in [0.05, 0.1) is 14.7 Å². The zero-order valence-electron chi connectivity index (χ0n) is 17.2. The van der Waals surface area contributed by atoms with Crippen LogP contribution in [0.1, 0.15) is 33.4 Å². The van der Waals surface area contributed by atoms with Crippen LogP contribution in [-0.2, 0) is 14.2 Å². The summed E-state index contributed by atoms with van der Waals surface area (Å²) in [5, 5.41) is 0. The molecule has 1 aliphatic heterocycles. The molecular formula is C23H19IN2O7. The molecule has 10 heteroatoms. The summed E-state index contributed by atoms with van der Waals surface area (Å²) in [7, 11) is 0. The quantitative estimate of drug-likeness (QED) is 0.363. The molecule has 0 amide bonds. The van der Waals surface area contributed by atoms with Crippen molar-refractivity contribution in [2.24, 2.45) is 0 Å². The predicted octanol–water partition coefficient (Wildman–Crippen LogP) is 2.51. The van der Waals surface area contributed by atoms with Crippen LogP contribution in [0.4, 0.5) is 0 Å². The Morgan fingerprint density at radius 3 is 2.24 bits per heavy atom. The van der Waals surface area contributed by atoms with Crippen molar-refractivity contribution in [2.75, 3.05) is 6.61 Å². The number of carbonyl (C=O) groups is 2. The summed E-state index contributed by atoms with van der Waals surface area (Å²) in [6, 6.07) is 16.9. The first kappa shape index (κ1) is 22.9. The zero-order valence-corrected chi connectivity index (χ0v) is 19.3. The summed E-state index contributed by atoms with van der Waals surface area (Å²) in [5.41, 5.74) is -0.427. The molecule has 4 rings (SSSR count). The van der Waals surface area contributed by atoms with Crippen molar-refractivity contribution in [1.29, 1.82) is 0 Å². The highest BCUT2D eigenvalue weighted by molar-refractivity contribution is 14.1. The Hall–Kier alpha value is -3.25. The van der Waals surface area contributed by atoms with Gasteiger partial charge in [-0.05, 0) is 46.9 Å². The number of halogens is 1. The molecule has 0 saturated carbocycles. The number of aromatic amines is 1. The molecule has 0 spiro atoms. The maximum Gasteiger partial charge on any atom is 0.338 e. The molecule has 170 valence electrons. The molecular weight excluding hydrogens is 543 g/mol. The number of hydrogen-bond donors (Lipinski definition) is 1. The molecule has 1 N–H and O–H groups in total. The van der Waals surface area contributed by atoms with Crippen LogP contribution in [0, 0.1) is 3.57 Å². The van der Waals surface area contributed by atoms with Crippen molar-refractivity contribution in [3.8, 4) is 0 Å². The van der Waals surface area contributed by atoms with E-state index in [4.69, 9.17) is 14.2 Å². The van der Waals surface area contributed by atoms with Gasteiger partial charge >= 0.3 is 17.6 Å². The van der Waals surface area contributed by atoms with Gasteiger partial charge in [-0.2, -0.15) is 0 Å². The first-order valence-corrected chi connectivity index (χ1v) is 11.1. The van der Waals surface area contributed by atoms with Crippen LogP contribution >= 0.6 is 22.6 Å². The highest BCUT2D eigenvalue weighted by Gasteiger charge is 2.40. The molecule has 2 aromatic carbocycles. The van der Waals surface area contributed by atoms with Crippen LogP contribution in [0.2, 0.25) is 0 Å². The van der Waals surface area contributed by atoms with Gasteiger partial charge in [-0.3, -0.25) is 14.3 Å². The Kier molecular flexibility index (Phi) is 7.04. The van der Waals surface area contributed by atoms with Crippen LogP contribution < -0.4 is 11.2 Å². The second-order valence-electron chi connectivity index (χ2n) is 7.28. The molecule has 1 fully saturated rings. The van der Waals surface area contributed by atoms with E-state index in [2.05, 4.69) is 4.98 Å².